The van der Waals surface area contributed by atoms with Crippen molar-refractivity contribution >= 4 is 0 Å². The molecule has 2 atom stereocenters. The second-order valence-corrected chi connectivity index (χ2v) is 6.89. The zero-order valence-corrected chi connectivity index (χ0v) is 12.4. The molecule has 1 fully saturated rings. The van der Waals surface area contributed by atoms with E-state index in [9.17, 15) is 0 Å². The first-order valence-electron chi connectivity index (χ1n) is 7.98. The monoisotopic (exact) mass is 257 g/mol. The molecule has 1 N–H and O–H groups in total. The van der Waals surface area contributed by atoms with Gasteiger partial charge in [-0.05, 0) is 55.2 Å². The zero-order chi connectivity index (χ0) is 13.3. The predicted octanol–water partition coefficient (Wildman–Crippen LogP) is 4.27. The number of hydrogen-bond donors (Lipinski definition) is 1. The Labute approximate surface area is 117 Å². The van der Waals surface area contributed by atoms with Crippen LogP contribution in [0.1, 0.15) is 62.5 Å². The molecule has 1 nitrogen and oxygen atoms in total. The summed E-state index contributed by atoms with van der Waals surface area (Å²) in [5.41, 5.74) is 3.72. The van der Waals surface area contributed by atoms with Crippen molar-refractivity contribution in [2.24, 2.45) is 5.41 Å². The van der Waals surface area contributed by atoms with Gasteiger partial charge in [-0.25, -0.2) is 0 Å². The topological polar surface area (TPSA) is 12.0 Å². The van der Waals surface area contributed by atoms with E-state index in [0.717, 1.165) is 5.92 Å². The summed E-state index contributed by atoms with van der Waals surface area (Å²) in [5, 5.41) is 3.64. The normalized spacial score (nSPS) is 26.3. The van der Waals surface area contributed by atoms with Crippen molar-refractivity contribution in [3.63, 3.8) is 0 Å². The lowest BCUT2D eigenvalue weighted by molar-refractivity contribution is 0.135. The summed E-state index contributed by atoms with van der Waals surface area (Å²) in [6.07, 6.45) is 9.73. The van der Waals surface area contributed by atoms with Crippen LogP contribution in [0.15, 0.2) is 24.3 Å². The van der Waals surface area contributed by atoms with E-state index in [4.69, 9.17) is 0 Å². The molecule has 0 amide bonds. The Balaban J connectivity index is 1.68. The Morgan fingerprint density at radius 2 is 1.95 bits per heavy atom. The van der Waals surface area contributed by atoms with Gasteiger partial charge in [0.05, 0.1) is 0 Å². The summed E-state index contributed by atoms with van der Waals surface area (Å²) in [6, 6.07) is 9.68. The van der Waals surface area contributed by atoms with Crippen molar-refractivity contribution in [3.8, 4) is 0 Å². The van der Waals surface area contributed by atoms with Crippen LogP contribution in [-0.4, -0.2) is 13.1 Å². The highest BCUT2D eigenvalue weighted by molar-refractivity contribution is 5.40. The SMILES string of the molecule is CNC(CC1Cc2ccccc21)C1(C)CCCCC1. The molecule has 3 rings (SSSR count). The maximum atomic E-state index is 3.64. The van der Waals surface area contributed by atoms with Crippen LogP contribution in [0.25, 0.3) is 0 Å². The highest BCUT2D eigenvalue weighted by Gasteiger charge is 2.38. The number of benzene rings is 1. The zero-order valence-electron chi connectivity index (χ0n) is 12.4. The van der Waals surface area contributed by atoms with Crippen LogP contribution in [0, 0.1) is 5.41 Å². The Kier molecular flexibility index (Phi) is 3.66. The molecule has 1 aromatic carbocycles. The van der Waals surface area contributed by atoms with Gasteiger partial charge in [0, 0.05) is 6.04 Å². The van der Waals surface area contributed by atoms with E-state index < -0.39 is 0 Å². The van der Waals surface area contributed by atoms with E-state index in [1.165, 1.54) is 44.9 Å². The van der Waals surface area contributed by atoms with Gasteiger partial charge in [-0.2, -0.15) is 0 Å². The van der Waals surface area contributed by atoms with Gasteiger partial charge in [0.15, 0.2) is 0 Å². The van der Waals surface area contributed by atoms with Crippen LogP contribution in [-0.2, 0) is 6.42 Å². The first kappa shape index (κ1) is 13.2. The fourth-order valence-electron chi connectivity index (χ4n) is 4.32. The van der Waals surface area contributed by atoms with E-state index in [1.807, 2.05) is 0 Å². The van der Waals surface area contributed by atoms with E-state index in [0.29, 0.717) is 11.5 Å². The van der Waals surface area contributed by atoms with Gasteiger partial charge in [0.25, 0.3) is 0 Å². The number of fused-ring (bicyclic) bond motifs is 1. The molecule has 0 saturated heterocycles. The molecule has 1 aromatic rings. The predicted molar refractivity (Wildman–Crippen MR) is 81.5 cm³/mol. The highest BCUT2D eigenvalue weighted by Crippen LogP contribution is 2.45. The molecule has 19 heavy (non-hydrogen) atoms. The lowest BCUT2D eigenvalue weighted by Gasteiger charge is -2.44. The Morgan fingerprint density at radius 1 is 1.21 bits per heavy atom. The summed E-state index contributed by atoms with van der Waals surface area (Å²) >= 11 is 0. The average Bonchev–Trinajstić information content (AvgIpc) is 2.41. The molecule has 2 unspecified atom stereocenters. The maximum Gasteiger partial charge on any atom is 0.0124 e. The molecule has 1 saturated carbocycles. The summed E-state index contributed by atoms with van der Waals surface area (Å²) in [7, 11) is 2.16. The minimum Gasteiger partial charge on any atom is -0.316 e. The van der Waals surface area contributed by atoms with Crippen molar-refractivity contribution in [1.82, 2.24) is 5.32 Å². The van der Waals surface area contributed by atoms with Crippen LogP contribution in [0.5, 0.6) is 0 Å². The minimum absolute atomic E-state index is 0.525. The second kappa shape index (κ2) is 5.28. The quantitative estimate of drug-likeness (QED) is 0.849. The number of hydrogen-bond acceptors (Lipinski definition) is 1. The molecule has 0 radical (unpaired) electrons. The molecule has 104 valence electrons. The first-order valence-corrected chi connectivity index (χ1v) is 7.98. The van der Waals surface area contributed by atoms with Gasteiger partial charge in [-0.15, -0.1) is 0 Å². The third-order valence-corrected chi connectivity index (χ3v) is 5.67. The summed E-state index contributed by atoms with van der Waals surface area (Å²) in [4.78, 5) is 0. The molecule has 2 aliphatic carbocycles. The fourth-order valence-corrected chi connectivity index (χ4v) is 4.32. The first-order chi connectivity index (χ1) is 9.23. The maximum absolute atomic E-state index is 3.64. The molecular formula is C18H27N. The molecule has 0 aliphatic heterocycles. The Hall–Kier alpha value is -0.820. The van der Waals surface area contributed by atoms with Gasteiger partial charge in [-0.1, -0.05) is 50.5 Å². The Morgan fingerprint density at radius 3 is 2.63 bits per heavy atom. The largest absolute Gasteiger partial charge is 0.316 e. The van der Waals surface area contributed by atoms with Crippen molar-refractivity contribution in [3.05, 3.63) is 35.4 Å². The van der Waals surface area contributed by atoms with Gasteiger partial charge in [0.1, 0.15) is 0 Å². The van der Waals surface area contributed by atoms with Crippen LogP contribution in [0.2, 0.25) is 0 Å². The van der Waals surface area contributed by atoms with Gasteiger partial charge >= 0.3 is 0 Å². The molecular weight excluding hydrogens is 230 g/mol. The molecule has 1 heteroatoms. The number of rotatable bonds is 4. The highest BCUT2D eigenvalue weighted by atomic mass is 14.9. The summed E-state index contributed by atoms with van der Waals surface area (Å²) in [6.45, 7) is 2.51. The van der Waals surface area contributed by atoms with E-state index in [1.54, 1.807) is 11.1 Å². The lowest BCUT2D eigenvalue weighted by atomic mass is 9.65. The molecule has 0 aromatic heterocycles. The van der Waals surface area contributed by atoms with Crippen LogP contribution < -0.4 is 5.32 Å². The third kappa shape index (κ3) is 2.45. The molecule has 0 heterocycles. The smallest absolute Gasteiger partial charge is 0.0124 e. The van der Waals surface area contributed by atoms with Crippen LogP contribution in [0.3, 0.4) is 0 Å². The summed E-state index contributed by atoms with van der Waals surface area (Å²) in [5.74, 6) is 0.799. The molecule has 0 bridgehead atoms. The van der Waals surface area contributed by atoms with Gasteiger partial charge in [0.2, 0.25) is 0 Å². The molecule has 2 aliphatic rings. The van der Waals surface area contributed by atoms with E-state index in [2.05, 4.69) is 43.6 Å². The second-order valence-electron chi connectivity index (χ2n) is 6.89. The van der Waals surface area contributed by atoms with E-state index >= 15 is 0 Å². The van der Waals surface area contributed by atoms with Crippen LogP contribution >= 0.6 is 0 Å². The Bertz CT molecular complexity index is 431. The lowest BCUT2D eigenvalue weighted by Crippen LogP contribution is -2.45. The van der Waals surface area contributed by atoms with Gasteiger partial charge < -0.3 is 5.32 Å². The van der Waals surface area contributed by atoms with Crippen molar-refractivity contribution in [2.75, 3.05) is 7.05 Å². The fraction of sp³-hybridized carbons (Fsp3) is 0.667. The van der Waals surface area contributed by atoms with Crippen molar-refractivity contribution in [1.29, 1.82) is 0 Å². The third-order valence-electron chi connectivity index (χ3n) is 5.67. The minimum atomic E-state index is 0.525. The number of nitrogens with one attached hydrogen (secondary N) is 1. The van der Waals surface area contributed by atoms with Crippen LogP contribution in [0.4, 0.5) is 0 Å². The average molecular weight is 257 g/mol. The van der Waals surface area contributed by atoms with E-state index in [-0.39, 0.29) is 0 Å². The van der Waals surface area contributed by atoms with Gasteiger partial charge in [-0.3, -0.25) is 0 Å². The van der Waals surface area contributed by atoms with Crippen molar-refractivity contribution < 1.29 is 0 Å². The standard InChI is InChI=1S/C18H27N/c1-18(10-6-3-7-11-18)17(19-2)13-15-12-14-8-4-5-9-16(14)15/h4-5,8-9,15,17,19H,3,6-7,10-13H2,1-2H3. The van der Waals surface area contributed by atoms with Crippen molar-refractivity contribution in [2.45, 2.75) is 63.8 Å². The summed E-state index contributed by atoms with van der Waals surface area (Å²) < 4.78 is 0. The molecule has 0 spiro atoms.